The van der Waals surface area contributed by atoms with E-state index in [0.29, 0.717) is 0 Å². The number of carbonyl (C=O) groups excluding carboxylic acids is 1. The van der Waals surface area contributed by atoms with Crippen molar-refractivity contribution in [1.82, 2.24) is 0 Å². The lowest BCUT2D eigenvalue weighted by Gasteiger charge is -2.08. The molecule has 2 saturated heterocycles. The molecule has 0 saturated carbocycles. The first-order valence-electron chi connectivity index (χ1n) is 7.13. The van der Waals surface area contributed by atoms with Gasteiger partial charge in [0.2, 0.25) is 0 Å². The third-order valence-electron chi connectivity index (χ3n) is 2.65. The molecule has 2 fully saturated rings. The second kappa shape index (κ2) is 12.3. The van der Waals surface area contributed by atoms with E-state index in [9.17, 15) is 26.3 Å². The molecule has 0 aromatic carbocycles. The Labute approximate surface area is 140 Å². The van der Waals surface area contributed by atoms with Gasteiger partial charge in [0.05, 0.1) is 26.2 Å². The molecule has 0 aliphatic carbocycles. The Kier molecular flexibility index (Phi) is 12.8. The predicted molar refractivity (Wildman–Crippen MR) is 68.6 cm³/mol. The normalized spacial score (nSPS) is 17.2. The van der Waals surface area contributed by atoms with Crippen LogP contribution in [-0.2, 0) is 14.9 Å². The predicted octanol–water partition coefficient (Wildman–Crippen LogP) is -1.96. The number of rotatable bonds is 0. The van der Waals surface area contributed by atoms with Crippen molar-refractivity contribution < 1.29 is 59.8 Å². The van der Waals surface area contributed by atoms with E-state index in [1.807, 2.05) is 0 Å². The molecular weight excluding hydrogens is 386 g/mol. The lowest BCUT2D eigenvalue weighted by atomic mass is 10.4. The Bertz CT molecular complexity index is 433. The van der Waals surface area contributed by atoms with Gasteiger partial charge in [-0.25, -0.2) is 8.42 Å². The summed E-state index contributed by atoms with van der Waals surface area (Å²) in [6.45, 7) is 5.50. The molecule has 2 aliphatic heterocycles. The van der Waals surface area contributed by atoms with Crippen LogP contribution in [0.3, 0.4) is 0 Å². The summed E-state index contributed by atoms with van der Waals surface area (Å²) in [5.41, 5.74) is -5.65. The minimum Gasteiger partial charge on any atom is -0.741 e. The monoisotopic (exact) mass is 406 g/mol. The van der Waals surface area contributed by atoms with Crippen molar-refractivity contribution in [2.45, 2.75) is 37.4 Å². The van der Waals surface area contributed by atoms with Crippen molar-refractivity contribution in [3.05, 3.63) is 0 Å². The first-order chi connectivity index (χ1) is 11.2. The molecule has 0 unspecified atom stereocenters. The number of quaternary nitrogens is 2. The SMILES string of the molecule is C1CC[NH2+]C1.C1CC[NH2+]C1.O=C([O-])C(F)(F)F.O=S(=O)([O-])C(F)(F)F. The van der Waals surface area contributed by atoms with Gasteiger partial charge >= 0.3 is 11.7 Å². The zero-order chi connectivity index (χ0) is 20.1. The summed E-state index contributed by atoms with van der Waals surface area (Å²) in [6.07, 6.45) is 0.583. The van der Waals surface area contributed by atoms with E-state index >= 15 is 0 Å². The van der Waals surface area contributed by atoms with E-state index in [2.05, 4.69) is 10.6 Å². The van der Waals surface area contributed by atoms with Crippen molar-refractivity contribution in [2.24, 2.45) is 0 Å². The Morgan fingerprint density at radius 3 is 1.04 bits per heavy atom. The van der Waals surface area contributed by atoms with Crippen LogP contribution < -0.4 is 15.7 Å². The zero-order valence-corrected chi connectivity index (χ0v) is 13.8. The molecule has 0 radical (unpaired) electrons. The summed E-state index contributed by atoms with van der Waals surface area (Å²) in [5, 5.41) is 13.5. The Morgan fingerprint density at radius 1 is 0.800 bits per heavy atom. The number of nitrogens with two attached hydrogens (primary N) is 2. The molecule has 0 bridgehead atoms. The van der Waals surface area contributed by atoms with Gasteiger partial charge in [-0.1, -0.05) is 0 Å². The van der Waals surface area contributed by atoms with Gasteiger partial charge in [-0.05, 0) is 0 Å². The Morgan fingerprint density at radius 2 is 1.00 bits per heavy atom. The van der Waals surface area contributed by atoms with Gasteiger partial charge in [0.15, 0.2) is 10.1 Å². The molecule has 14 heteroatoms. The summed E-state index contributed by atoms with van der Waals surface area (Å²) in [5.74, 6) is -3.01. The molecule has 2 heterocycles. The van der Waals surface area contributed by atoms with E-state index in [1.165, 1.54) is 51.9 Å². The van der Waals surface area contributed by atoms with Crippen LogP contribution in [0.25, 0.3) is 0 Å². The highest BCUT2D eigenvalue weighted by Gasteiger charge is 2.36. The summed E-state index contributed by atoms with van der Waals surface area (Å²) in [4.78, 5) is 8.78. The number of alkyl halides is 6. The van der Waals surface area contributed by atoms with Gasteiger partial charge in [-0.15, -0.1) is 0 Å². The average molecular weight is 406 g/mol. The third-order valence-corrected chi connectivity index (χ3v) is 3.21. The molecule has 0 atom stereocenters. The van der Waals surface area contributed by atoms with Gasteiger partial charge < -0.3 is 25.1 Å². The van der Waals surface area contributed by atoms with Crippen LogP contribution in [0.2, 0.25) is 0 Å². The van der Waals surface area contributed by atoms with E-state index < -0.39 is 27.8 Å². The van der Waals surface area contributed by atoms with Crippen molar-refractivity contribution in [3.63, 3.8) is 0 Å². The molecular formula is C11H20F6N2O5S. The molecule has 0 spiro atoms. The van der Waals surface area contributed by atoms with Gasteiger partial charge in [-0.2, -0.15) is 26.3 Å². The maximum absolute atomic E-state index is 10.7. The fourth-order valence-corrected chi connectivity index (χ4v) is 1.44. The lowest BCUT2D eigenvalue weighted by molar-refractivity contribution is -0.635. The first-order valence-corrected chi connectivity index (χ1v) is 8.54. The maximum atomic E-state index is 10.7. The zero-order valence-electron chi connectivity index (χ0n) is 13.0. The summed E-state index contributed by atoms with van der Waals surface area (Å²) < 4.78 is 90.5. The average Bonchev–Trinajstić information content (AvgIpc) is 3.15. The number of hydrogen-bond acceptors (Lipinski definition) is 5. The minimum atomic E-state index is -6.09. The van der Waals surface area contributed by atoms with Crippen LogP contribution in [0.15, 0.2) is 0 Å². The third kappa shape index (κ3) is 17.5. The van der Waals surface area contributed by atoms with Crippen molar-refractivity contribution in [3.8, 4) is 0 Å². The number of hydrogen-bond donors (Lipinski definition) is 2. The largest absolute Gasteiger partial charge is 0.741 e. The van der Waals surface area contributed by atoms with Crippen molar-refractivity contribution in [2.75, 3.05) is 26.2 Å². The van der Waals surface area contributed by atoms with E-state index in [-0.39, 0.29) is 0 Å². The lowest BCUT2D eigenvalue weighted by Crippen LogP contribution is -2.80. The Balaban J connectivity index is 0. The van der Waals surface area contributed by atoms with Gasteiger partial charge in [0.1, 0.15) is 5.97 Å². The number of aliphatic carboxylic acids is 1. The van der Waals surface area contributed by atoms with E-state index in [0.717, 1.165) is 0 Å². The molecule has 152 valence electrons. The Hall–Kier alpha value is -1.12. The van der Waals surface area contributed by atoms with Gasteiger partial charge in [-0.3, -0.25) is 0 Å². The highest BCUT2D eigenvalue weighted by atomic mass is 32.2. The van der Waals surface area contributed by atoms with Crippen LogP contribution >= 0.6 is 0 Å². The quantitative estimate of drug-likeness (QED) is 0.274. The van der Waals surface area contributed by atoms with Gasteiger partial charge in [0, 0.05) is 25.7 Å². The van der Waals surface area contributed by atoms with Crippen molar-refractivity contribution >= 4 is 16.1 Å². The second-order valence-corrected chi connectivity index (χ2v) is 6.20. The van der Waals surface area contributed by atoms with Crippen LogP contribution in [0.5, 0.6) is 0 Å². The fourth-order valence-electron chi connectivity index (χ4n) is 1.44. The van der Waals surface area contributed by atoms with E-state index in [4.69, 9.17) is 22.9 Å². The molecule has 4 N–H and O–H groups in total. The van der Waals surface area contributed by atoms with Crippen molar-refractivity contribution in [1.29, 1.82) is 0 Å². The van der Waals surface area contributed by atoms with E-state index in [1.54, 1.807) is 0 Å². The standard InChI is InChI=1S/2C4H9N.C2HF3O2.CHF3O3S/c2*1-2-4-5-3-1;3-2(4,5)1(6)7;2-1(3,4)8(5,6)7/h2*5H,1-4H2;(H,6,7);(H,5,6,7). The summed E-state index contributed by atoms with van der Waals surface area (Å²) >= 11 is 0. The topological polar surface area (TPSA) is 131 Å². The molecule has 0 amide bonds. The fraction of sp³-hybridized carbons (Fsp3) is 0.909. The van der Waals surface area contributed by atoms with Crippen LogP contribution in [-0.4, -0.2) is 56.8 Å². The maximum Gasteiger partial charge on any atom is 0.485 e. The minimum absolute atomic E-state index is 1.38. The second-order valence-electron chi connectivity index (χ2n) is 4.83. The summed E-state index contributed by atoms with van der Waals surface area (Å²) in [7, 11) is -6.09. The number of carbonyl (C=O) groups is 1. The summed E-state index contributed by atoms with van der Waals surface area (Å²) in [6, 6.07) is 0. The van der Waals surface area contributed by atoms with Crippen LogP contribution in [0, 0.1) is 0 Å². The van der Waals surface area contributed by atoms with Gasteiger partial charge in [0.25, 0.3) is 0 Å². The number of carboxylic acid groups (broad SMARTS) is 1. The van der Waals surface area contributed by atoms with Crippen LogP contribution in [0.1, 0.15) is 25.7 Å². The molecule has 0 aromatic heterocycles. The van der Waals surface area contributed by atoms with Crippen LogP contribution in [0.4, 0.5) is 26.3 Å². The highest BCUT2D eigenvalue weighted by Crippen LogP contribution is 2.20. The molecule has 7 nitrogen and oxygen atoms in total. The molecule has 0 aromatic rings. The molecule has 25 heavy (non-hydrogen) atoms. The smallest absolute Gasteiger partial charge is 0.485 e. The number of halogens is 6. The first kappa shape index (κ1) is 26.1. The molecule has 2 aliphatic rings. The highest BCUT2D eigenvalue weighted by molar-refractivity contribution is 7.86. The molecule has 2 rings (SSSR count). The number of carboxylic acids is 1.